The van der Waals surface area contributed by atoms with Crippen LogP contribution in [0.3, 0.4) is 0 Å². The molecule has 1 fully saturated rings. The first-order valence-corrected chi connectivity index (χ1v) is 13.6. The second-order valence-electron chi connectivity index (χ2n) is 9.70. The fourth-order valence-electron chi connectivity index (χ4n) is 3.58. The highest BCUT2D eigenvalue weighted by molar-refractivity contribution is 5.89. The largest absolute Gasteiger partial charge is 0.345 e. The van der Waals surface area contributed by atoms with Crippen LogP contribution in [0.1, 0.15) is 20.8 Å². The maximum atomic E-state index is 12.9. The smallest absolute Gasteiger partial charge is 0.243 e. The van der Waals surface area contributed by atoms with Gasteiger partial charge in [-0.15, -0.1) is 0 Å². The summed E-state index contributed by atoms with van der Waals surface area (Å²) in [5.41, 5.74) is 0. The van der Waals surface area contributed by atoms with Crippen molar-refractivity contribution in [3.63, 3.8) is 0 Å². The van der Waals surface area contributed by atoms with Gasteiger partial charge in [0.2, 0.25) is 53.2 Å². The summed E-state index contributed by atoms with van der Waals surface area (Å²) < 4.78 is 0. The van der Waals surface area contributed by atoms with E-state index in [1.165, 1.54) is 14.7 Å². The van der Waals surface area contributed by atoms with Gasteiger partial charge in [0.1, 0.15) is 19.6 Å². The van der Waals surface area contributed by atoms with Crippen LogP contribution in [0.4, 0.5) is 0 Å². The number of carbonyl (C=O) groups is 9. The van der Waals surface area contributed by atoms with Crippen LogP contribution in [0.2, 0.25) is 0 Å². The molecule has 0 aromatic rings. The molecule has 0 unspecified atom stereocenters. The Morgan fingerprint density at radius 1 is 0.467 bits per heavy atom. The topological polar surface area (TPSA) is 270 Å². The van der Waals surface area contributed by atoms with Crippen LogP contribution in [-0.4, -0.2) is 177 Å². The number of nitrogens with zero attached hydrogens (tertiary/aromatic N) is 6. The van der Waals surface area contributed by atoms with Crippen molar-refractivity contribution in [3.05, 3.63) is 0 Å². The summed E-state index contributed by atoms with van der Waals surface area (Å²) in [6.07, 6.45) is 0. The summed E-state index contributed by atoms with van der Waals surface area (Å²) in [6.45, 7) is -1.03. The molecule has 1 heterocycles. The fraction of sp³-hybridized carbons (Fsp3) is 0.625. The van der Waals surface area contributed by atoms with Crippen molar-refractivity contribution < 1.29 is 58.8 Å². The van der Waals surface area contributed by atoms with Gasteiger partial charge in [-0.3, -0.25) is 58.8 Å². The van der Waals surface area contributed by atoms with Gasteiger partial charge in [0.05, 0.1) is 19.6 Å². The van der Waals surface area contributed by atoms with Gasteiger partial charge in [-0.1, -0.05) is 0 Å². The third-order valence-electron chi connectivity index (χ3n) is 6.26. The standard InChI is InChI=1S/C24H39N9O12/c1-16(34)31(43)13-19(37)25-10-22(40)28-4-6-29(23(41)11-26-20(38)14-32(44)17(2)35)8-9-30(7-5-28)24(42)12-27-21(39)15-33(45)18(3)36/h43-45H,4-15H2,1-3H3,(H,25,37)(H,26,38)(H,27,39). The highest BCUT2D eigenvalue weighted by atomic mass is 16.5. The third-order valence-corrected chi connectivity index (χ3v) is 6.26. The summed E-state index contributed by atoms with van der Waals surface area (Å²) in [5.74, 6) is -6.75. The normalized spacial score (nSPS) is 13.3. The lowest BCUT2D eigenvalue weighted by atomic mass is 10.3. The zero-order chi connectivity index (χ0) is 34.3. The quantitative estimate of drug-likeness (QED) is 0.0857. The van der Waals surface area contributed by atoms with Crippen LogP contribution in [-0.2, 0) is 43.2 Å². The molecule has 45 heavy (non-hydrogen) atoms. The Labute approximate surface area is 257 Å². The number of hydrogen-bond acceptors (Lipinski definition) is 12. The van der Waals surface area contributed by atoms with E-state index >= 15 is 0 Å². The van der Waals surface area contributed by atoms with Gasteiger partial charge in [-0.2, -0.15) is 0 Å². The number of hydroxylamine groups is 6. The summed E-state index contributed by atoms with van der Waals surface area (Å²) >= 11 is 0. The Kier molecular flexibility index (Phi) is 15.8. The number of carbonyl (C=O) groups excluding carboxylic acids is 9. The molecule has 21 heteroatoms. The lowest BCUT2D eigenvalue weighted by Crippen LogP contribution is -2.48. The first-order chi connectivity index (χ1) is 21.0. The average molecular weight is 646 g/mol. The van der Waals surface area contributed by atoms with Gasteiger partial charge in [-0.25, -0.2) is 15.2 Å². The van der Waals surface area contributed by atoms with Gasteiger partial charge in [-0.05, 0) is 0 Å². The second-order valence-corrected chi connectivity index (χ2v) is 9.70. The summed E-state index contributed by atoms with van der Waals surface area (Å²) in [5, 5.41) is 35.5. The minimum atomic E-state index is -0.831. The molecule has 9 amide bonds. The highest BCUT2D eigenvalue weighted by Crippen LogP contribution is 2.03. The predicted octanol–water partition coefficient (Wildman–Crippen LogP) is -5.45. The third kappa shape index (κ3) is 14.4. The molecule has 1 saturated heterocycles. The van der Waals surface area contributed by atoms with Gasteiger partial charge >= 0.3 is 0 Å². The molecule has 0 atom stereocenters. The van der Waals surface area contributed by atoms with Crippen molar-refractivity contribution in [1.29, 1.82) is 0 Å². The van der Waals surface area contributed by atoms with Crippen LogP contribution < -0.4 is 16.0 Å². The Morgan fingerprint density at radius 3 is 0.844 bits per heavy atom. The molecule has 252 valence electrons. The van der Waals surface area contributed by atoms with Crippen LogP contribution >= 0.6 is 0 Å². The molecule has 1 aliphatic rings. The van der Waals surface area contributed by atoms with E-state index in [1.54, 1.807) is 0 Å². The maximum Gasteiger partial charge on any atom is 0.243 e. The number of hydrogen-bond donors (Lipinski definition) is 6. The molecular formula is C24H39N9O12. The lowest BCUT2D eigenvalue weighted by Gasteiger charge is -2.26. The van der Waals surface area contributed by atoms with Crippen LogP contribution in [0.5, 0.6) is 0 Å². The molecule has 21 nitrogen and oxygen atoms in total. The van der Waals surface area contributed by atoms with E-state index in [0.29, 0.717) is 0 Å². The number of amides is 9. The highest BCUT2D eigenvalue weighted by Gasteiger charge is 2.26. The minimum Gasteiger partial charge on any atom is -0.345 e. The molecule has 0 spiro atoms. The van der Waals surface area contributed by atoms with E-state index in [0.717, 1.165) is 20.8 Å². The second kappa shape index (κ2) is 18.7. The maximum absolute atomic E-state index is 12.9. The van der Waals surface area contributed by atoms with E-state index in [2.05, 4.69) is 16.0 Å². The van der Waals surface area contributed by atoms with Gasteiger partial charge in [0, 0.05) is 60.0 Å². The average Bonchev–Trinajstić information content (AvgIpc) is 3.08. The van der Waals surface area contributed by atoms with Crippen molar-refractivity contribution >= 4 is 53.2 Å². The van der Waals surface area contributed by atoms with Crippen molar-refractivity contribution in [2.75, 3.05) is 78.5 Å². The molecule has 0 saturated carbocycles. The van der Waals surface area contributed by atoms with Crippen LogP contribution in [0, 0.1) is 0 Å². The van der Waals surface area contributed by atoms with Crippen molar-refractivity contribution in [1.82, 2.24) is 45.8 Å². The van der Waals surface area contributed by atoms with E-state index in [9.17, 15) is 58.8 Å². The minimum absolute atomic E-state index is 0.0567. The Hall–Kier alpha value is -4.89. The molecule has 6 N–H and O–H groups in total. The number of rotatable bonds is 12. The summed E-state index contributed by atoms with van der Waals surface area (Å²) in [7, 11) is 0. The Balaban J connectivity index is 2.96. The molecular weight excluding hydrogens is 606 g/mol. The zero-order valence-electron chi connectivity index (χ0n) is 25.2. The Bertz CT molecular complexity index is 1000. The molecule has 0 aromatic carbocycles. The van der Waals surface area contributed by atoms with E-state index in [1.807, 2.05) is 0 Å². The van der Waals surface area contributed by atoms with E-state index < -0.39 is 92.4 Å². The zero-order valence-corrected chi connectivity index (χ0v) is 25.2. The SMILES string of the molecule is CC(=O)N(O)CC(=O)NCC(=O)N1CCN(C(=O)CNC(=O)CN(O)C(C)=O)CCN(C(=O)CNC(=O)CN(O)C(C)=O)CC1. The fourth-order valence-corrected chi connectivity index (χ4v) is 3.58. The first-order valence-electron chi connectivity index (χ1n) is 13.6. The first kappa shape index (κ1) is 38.1. The molecule has 0 radical (unpaired) electrons. The summed E-state index contributed by atoms with van der Waals surface area (Å²) in [6, 6.07) is 0. The van der Waals surface area contributed by atoms with Crippen LogP contribution in [0.15, 0.2) is 0 Å². The van der Waals surface area contributed by atoms with Gasteiger partial charge in [0.15, 0.2) is 0 Å². The Morgan fingerprint density at radius 2 is 0.667 bits per heavy atom. The van der Waals surface area contributed by atoms with E-state index in [-0.39, 0.29) is 54.5 Å². The predicted molar refractivity (Wildman–Crippen MR) is 146 cm³/mol. The molecule has 1 rings (SSSR count). The van der Waals surface area contributed by atoms with Gasteiger partial charge in [0.25, 0.3) is 0 Å². The van der Waals surface area contributed by atoms with Gasteiger partial charge < -0.3 is 30.7 Å². The van der Waals surface area contributed by atoms with Crippen molar-refractivity contribution in [2.45, 2.75) is 20.8 Å². The van der Waals surface area contributed by atoms with Crippen LogP contribution in [0.25, 0.3) is 0 Å². The van der Waals surface area contributed by atoms with Crippen molar-refractivity contribution in [2.24, 2.45) is 0 Å². The molecule has 1 aliphatic heterocycles. The van der Waals surface area contributed by atoms with E-state index in [4.69, 9.17) is 0 Å². The molecule has 0 aliphatic carbocycles. The summed E-state index contributed by atoms with van der Waals surface area (Å²) in [4.78, 5) is 112. The lowest BCUT2D eigenvalue weighted by molar-refractivity contribution is -0.166. The van der Waals surface area contributed by atoms with Crippen molar-refractivity contribution in [3.8, 4) is 0 Å². The molecule has 0 aromatic heterocycles. The monoisotopic (exact) mass is 645 g/mol. The molecule has 0 bridgehead atoms. The number of nitrogens with one attached hydrogen (secondary N) is 3.